The van der Waals surface area contributed by atoms with Crippen molar-refractivity contribution in [1.29, 1.82) is 0 Å². The number of aromatic nitrogens is 3. The van der Waals surface area contributed by atoms with Crippen LogP contribution in [0.1, 0.15) is 19.5 Å². The third kappa shape index (κ3) is 1.57. The third-order valence-corrected chi connectivity index (χ3v) is 2.66. The van der Waals surface area contributed by atoms with E-state index >= 15 is 0 Å². The molecule has 1 atom stereocenters. The molecule has 0 aliphatic rings. The Bertz CT molecular complexity index is 552. The summed E-state index contributed by atoms with van der Waals surface area (Å²) in [5.41, 5.74) is 5.95. The van der Waals surface area contributed by atoms with Crippen molar-refractivity contribution >= 4 is 17.0 Å². The van der Waals surface area contributed by atoms with Gasteiger partial charge in [0, 0.05) is 6.20 Å². The van der Waals surface area contributed by atoms with Crippen LogP contribution in [0.5, 0.6) is 0 Å². The molecule has 2 aromatic heterocycles. The maximum absolute atomic E-state index is 11.6. The van der Waals surface area contributed by atoms with Gasteiger partial charge in [0.25, 0.3) is 5.56 Å². The SMILES string of the molecule is CCC(NC)n1ccc2c(=O)[nH]c(N)nc21. The molecule has 6 heteroatoms. The molecule has 0 amide bonds. The van der Waals surface area contributed by atoms with E-state index in [1.807, 2.05) is 17.8 Å². The maximum atomic E-state index is 11.6. The number of nitrogens with one attached hydrogen (secondary N) is 2. The first-order chi connectivity index (χ1) is 7.67. The maximum Gasteiger partial charge on any atom is 0.261 e. The van der Waals surface area contributed by atoms with Crippen LogP contribution in [0, 0.1) is 0 Å². The summed E-state index contributed by atoms with van der Waals surface area (Å²) in [6, 6.07) is 1.75. The van der Waals surface area contributed by atoms with Crippen molar-refractivity contribution in [3.63, 3.8) is 0 Å². The molecule has 2 heterocycles. The summed E-state index contributed by atoms with van der Waals surface area (Å²) in [4.78, 5) is 18.2. The molecule has 0 fully saturated rings. The molecule has 0 aromatic carbocycles. The second kappa shape index (κ2) is 3.97. The average Bonchev–Trinajstić information content (AvgIpc) is 2.64. The predicted molar refractivity (Wildman–Crippen MR) is 63.2 cm³/mol. The molecule has 86 valence electrons. The van der Waals surface area contributed by atoms with Gasteiger partial charge in [-0.15, -0.1) is 0 Å². The summed E-state index contributed by atoms with van der Waals surface area (Å²) < 4.78 is 1.92. The zero-order valence-electron chi connectivity index (χ0n) is 9.32. The standard InChI is InChI=1S/C10H15N5O/c1-3-7(12-2)15-5-4-6-8(15)13-10(11)14-9(6)16/h4-5,7,12H,3H2,1-2H3,(H3,11,13,14,16). The van der Waals surface area contributed by atoms with Crippen LogP contribution in [0.2, 0.25) is 0 Å². The summed E-state index contributed by atoms with van der Waals surface area (Å²) in [6.07, 6.45) is 2.86. The molecule has 16 heavy (non-hydrogen) atoms. The number of aromatic amines is 1. The Kier molecular flexibility index (Phi) is 2.66. The molecule has 0 aliphatic carbocycles. The highest BCUT2D eigenvalue weighted by Crippen LogP contribution is 2.16. The van der Waals surface area contributed by atoms with E-state index < -0.39 is 0 Å². The molecule has 6 nitrogen and oxygen atoms in total. The van der Waals surface area contributed by atoms with Crippen molar-refractivity contribution in [3.05, 3.63) is 22.6 Å². The molecule has 4 N–H and O–H groups in total. The Morgan fingerprint density at radius 2 is 2.44 bits per heavy atom. The Balaban J connectivity index is 2.68. The van der Waals surface area contributed by atoms with Crippen LogP contribution in [0.4, 0.5) is 5.95 Å². The van der Waals surface area contributed by atoms with Gasteiger partial charge in [0.15, 0.2) is 5.65 Å². The molecule has 0 saturated heterocycles. The number of nitrogens with zero attached hydrogens (tertiary/aromatic N) is 2. The number of nitrogens with two attached hydrogens (primary N) is 1. The predicted octanol–water partition coefficient (Wildman–Crippen LogP) is 0.435. The third-order valence-electron chi connectivity index (χ3n) is 2.66. The van der Waals surface area contributed by atoms with Gasteiger partial charge in [-0.3, -0.25) is 9.78 Å². The lowest BCUT2D eigenvalue weighted by molar-refractivity contribution is 0.434. The summed E-state index contributed by atoms with van der Waals surface area (Å²) >= 11 is 0. The quantitative estimate of drug-likeness (QED) is 0.701. The van der Waals surface area contributed by atoms with Crippen molar-refractivity contribution < 1.29 is 0 Å². The van der Waals surface area contributed by atoms with E-state index in [9.17, 15) is 4.79 Å². The molecular formula is C10H15N5O. The van der Waals surface area contributed by atoms with Crippen LogP contribution in [0.25, 0.3) is 11.0 Å². The average molecular weight is 221 g/mol. The van der Waals surface area contributed by atoms with Crippen LogP contribution in [0.15, 0.2) is 17.1 Å². The fourth-order valence-electron chi connectivity index (χ4n) is 1.85. The van der Waals surface area contributed by atoms with Gasteiger partial charge in [-0.1, -0.05) is 6.92 Å². The lowest BCUT2D eigenvalue weighted by atomic mass is 10.3. The van der Waals surface area contributed by atoms with E-state index in [4.69, 9.17) is 5.73 Å². The first-order valence-electron chi connectivity index (χ1n) is 5.21. The molecule has 0 radical (unpaired) electrons. The number of anilines is 1. The van der Waals surface area contributed by atoms with Crippen LogP contribution in [0.3, 0.4) is 0 Å². The Labute approximate surface area is 92.5 Å². The zero-order valence-corrected chi connectivity index (χ0v) is 9.32. The van der Waals surface area contributed by atoms with Crippen LogP contribution in [-0.4, -0.2) is 21.6 Å². The van der Waals surface area contributed by atoms with Crippen molar-refractivity contribution in [2.45, 2.75) is 19.5 Å². The number of rotatable bonds is 3. The lowest BCUT2D eigenvalue weighted by Crippen LogP contribution is -2.22. The molecule has 2 rings (SSSR count). The second-order valence-corrected chi connectivity index (χ2v) is 3.62. The minimum atomic E-state index is -0.202. The highest BCUT2D eigenvalue weighted by molar-refractivity contribution is 5.76. The Morgan fingerprint density at radius 3 is 3.06 bits per heavy atom. The fraction of sp³-hybridized carbons (Fsp3) is 0.400. The number of hydrogen-bond acceptors (Lipinski definition) is 4. The van der Waals surface area contributed by atoms with E-state index in [-0.39, 0.29) is 17.7 Å². The highest BCUT2D eigenvalue weighted by atomic mass is 16.1. The van der Waals surface area contributed by atoms with E-state index in [0.717, 1.165) is 6.42 Å². The second-order valence-electron chi connectivity index (χ2n) is 3.62. The first kappa shape index (κ1) is 10.7. The molecule has 0 aliphatic heterocycles. The fourth-order valence-corrected chi connectivity index (χ4v) is 1.85. The van der Waals surface area contributed by atoms with E-state index in [0.29, 0.717) is 11.0 Å². The summed E-state index contributed by atoms with van der Waals surface area (Å²) in [5.74, 6) is 0.142. The van der Waals surface area contributed by atoms with Crippen LogP contribution < -0.4 is 16.6 Å². The van der Waals surface area contributed by atoms with Gasteiger partial charge in [0.05, 0.1) is 11.6 Å². The topological polar surface area (TPSA) is 88.7 Å². The van der Waals surface area contributed by atoms with Gasteiger partial charge in [-0.2, -0.15) is 4.98 Å². The van der Waals surface area contributed by atoms with Crippen LogP contribution >= 0.6 is 0 Å². The van der Waals surface area contributed by atoms with E-state index in [1.165, 1.54) is 0 Å². The monoisotopic (exact) mass is 221 g/mol. The summed E-state index contributed by atoms with van der Waals surface area (Å²) in [6.45, 7) is 2.06. The Hall–Kier alpha value is -1.82. The van der Waals surface area contributed by atoms with Crippen molar-refractivity contribution in [2.24, 2.45) is 0 Å². The van der Waals surface area contributed by atoms with E-state index in [2.05, 4.69) is 22.2 Å². The Morgan fingerprint density at radius 1 is 1.69 bits per heavy atom. The van der Waals surface area contributed by atoms with Crippen LogP contribution in [-0.2, 0) is 0 Å². The normalized spacial score (nSPS) is 13.1. The molecule has 0 bridgehead atoms. The smallest absolute Gasteiger partial charge is 0.261 e. The van der Waals surface area contributed by atoms with Gasteiger partial charge >= 0.3 is 0 Å². The number of fused-ring (bicyclic) bond motifs is 1. The largest absolute Gasteiger partial charge is 0.369 e. The van der Waals surface area contributed by atoms with Gasteiger partial charge in [-0.05, 0) is 19.5 Å². The van der Waals surface area contributed by atoms with Crippen molar-refractivity contribution in [1.82, 2.24) is 19.9 Å². The van der Waals surface area contributed by atoms with Crippen molar-refractivity contribution in [3.8, 4) is 0 Å². The number of hydrogen-bond donors (Lipinski definition) is 3. The highest BCUT2D eigenvalue weighted by Gasteiger charge is 2.12. The van der Waals surface area contributed by atoms with Gasteiger partial charge < -0.3 is 15.6 Å². The van der Waals surface area contributed by atoms with Gasteiger partial charge in [0.1, 0.15) is 0 Å². The summed E-state index contributed by atoms with van der Waals surface area (Å²) in [5, 5.41) is 3.71. The molecule has 0 spiro atoms. The minimum absolute atomic E-state index is 0.117. The summed E-state index contributed by atoms with van der Waals surface area (Å²) in [7, 11) is 1.87. The molecule has 2 aromatic rings. The van der Waals surface area contributed by atoms with Crippen molar-refractivity contribution in [2.75, 3.05) is 12.8 Å². The molecule has 1 unspecified atom stereocenters. The lowest BCUT2D eigenvalue weighted by Gasteiger charge is -2.16. The number of nitrogen functional groups attached to an aromatic ring is 1. The zero-order chi connectivity index (χ0) is 11.7. The van der Waals surface area contributed by atoms with Gasteiger partial charge in [0.2, 0.25) is 5.95 Å². The van der Waals surface area contributed by atoms with E-state index in [1.54, 1.807) is 6.07 Å². The minimum Gasteiger partial charge on any atom is -0.369 e. The molecule has 0 saturated carbocycles. The number of H-pyrrole nitrogens is 1. The molecular weight excluding hydrogens is 206 g/mol. The first-order valence-corrected chi connectivity index (χ1v) is 5.21. The van der Waals surface area contributed by atoms with Gasteiger partial charge in [-0.25, -0.2) is 0 Å².